The van der Waals surface area contributed by atoms with Crippen LogP contribution in [0.15, 0.2) is 12.1 Å². The van der Waals surface area contributed by atoms with Crippen LogP contribution < -0.4 is 10.5 Å². The zero-order chi connectivity index (χ0) is 10.7. The lowest BCUT2D eigenvalue weighted by molar-refractivity contribution is 0.182. The predicted octanol–water partition coefficient (Wildman–Crippen LogP) is 1.48. The number of rotatable bonds is 3. The molecule has 0 radical (unpaired) electrons. The van der Waals surface area contributed by atoms with Crippen LogP contribution in [0.5, 0.6) is 5.75 Å². The van der Waals surface area contributed by atoms with Crippen LogP contribution in [-0.2, 0) is 0 Å². The summed E-state index contributed by atoms with van der Waals surface area (Å²) in [6.07, 6.45) is -0.900. The second-order valence-corrected chi connectivity index (χ2v) is 3.11. The van der Waals surface area contributed by atoms with Gasteiger partial charge in [-0.3, -0.25) is 0 Å². The van der Waals surface area contributed by atoms with E-state index >= 15 is 0 Å². The van der Waals surface area contributed by atoms with Crippen molar-refractivity contribution in [2.45, 2.75) is 6.10 Å². The van der Waals surface area contributed by atoms with Gasteiger partial charge in [-0.2, -0.15) is 0 Å². The van der Waals surface area contributed by atoms with E-state index in [-0.39, 0.29) is 17.3 Å². The van der Waals surface area contributed by atoms with Gasteiger partial charge in [0, 0.05) is 12.1 Å². The minimum absolute atomic E-state index is 0.0261. The highest BCUT2D eigenvalue weighted by atomic mass is 35.5. The molecule has 0 bridgehead atoms. The molecule has 0 spiro atoms. The van der Waals surface area contributed by atoms with E-state index in [4.69, 9.17) is 22.1 Å². The number of nitrogens with two attached hydrogens (primary N) is 1. The Labute approximate surface area is 86.2 Å². The molecule has 1 unspecified atom stereocenters. The molecule has 1 aromatic carbocycles. The number of hydrogen-bond donors (Lipinski definition) is 2. The fourth-order valence-electron chi connectivity index (χ4n) is 1.14. The van der Waals surface area contributed by atoms with E-state index in [0.717, 1.165) is 0 Å². The summed E-state index contributed by atoms with van der Waals surface area (Å²) in [5.41, 5.74) is 5.66. The van der Waals surface area contributed by atoms with Gasteiger partial charge in [-0.1, -0.05) is 11.6 Å². The number of aliphatic hydroxyl groups excluding tert-OH is 1. The molecule has 0 fully saturated rings. The maximum absolute atomic E-state index is 13.0. The maximum atomic E-state index is 13.0. The van der Waals surface area contributed by atoms with Crippen molar-refractivity contribution in [3.05, 3.63) is 28.5 Å². The standard InChI is InChI=1S/C9H11ClFNO2/c1-14-9-5(7(13)4-12)2-3-6(11)8(9)10/h2-3,7,13H,4,12H2,1H3. The Morgan fingerprint density at radius 2 is 2.29 bits per heavy atom. The first kappa shape index (κ1) is 11.2. The molecule has 14 heavy (non-hydrogen) atoms. The molecule has 0 aliphatic heterocycles. The van der Waals surface area contributed by atoms with E-state index in [2.05, 4.69) is 0 Å². The van der Waals surface area contributed by atoms with E-state index in [1.165, 1.54) is 19.2 Å². The molecule has 1 aromatic rings. The summed E-state index contributed by atoms with van der Waals surface area (Å²) >= 11 is 5.65. The largest absolute Gasteiger partial charge is 0.495 e. The third kappa shape index (κ3) is 1.97. The topological polar surface area (TPSA) is 55.5 Å². The van der Waals surface area contributed by atoms with Gasteiger partial charge in [0.25, 0.3) is 0 Å². The van der Waals surface area contributed by atoms with Crippen molar-refractivity contribution in [1.82, 2.24) is 0 Å². The van der Waals surface area contributed by atoms with Gasteiger partial charge in [0.05, 0.1) is 13.2 Å². The second-order valence-electron chi connectivity index (χ2n) is 2.74. The summed E-state index contributed by atoms with van der Waals surface area (Å²) in [7, 11) is 1.35. The van der Waals surface area contributed by atoms with Crippen LogP contribution in [0.4, 0.5) is 4.39 Å². The molecule has 0 saturated carbocycles. The lowest BCUT2D eigenvalue weighted by Crippen LogP contribution is -2.12. The Bertz CT molecular complexity index is 333. The first-order valence-electron chi connectivity index (χ1n) is 4.01. The Hall–Kier alpha value is -0.840. The summed E-state index contributed by atoms with van der Waals surface area (Å²) in [6, 6.07) is 2.57. The molecule has 3 nitrogen and oxygen atoms in total. The van der Waals surface area contributed by atoms with Crippen LogP contribution in [0.3, 0.4) is 0 Å². The summed E-state index contributed by atoms with van der Waals surface area (Å²) in [5, 5.41) is 9.33. The van der Waals surface area contributed by atoms with Gasteiger partial charge < -0.3 is 15.6 Å². The minimum Gasteiger partial charge on any atom is -0.495 e. The molecule has 1 atom stereocenters. The smallest absolute Gasteiger partial charge is 0.146 e. The summed E-state index contributed by atoms with van der Waals surface area (Å²) in [5.74, 6) is -0.457. The van der Waals surface area contributed by atoms with Crippen molar-refractivity contribution >= 4 is 11.6 Å². The highest BCUT2D eigenvalue weighted by molar-refractivity contribution is 6.32. The first-order valence-corrected chi connectivity index (χ1v) is 4.39. The van der Waals surface area contributed by atoms with E-state index < -0.39 is 11.9 Å². The van der Waals surface area contributed by atoms with E-state index in [1.807, 2.05) is 0 Å². The Morgan fingerprint density at radius 3 is 2.79 bits per heavy atom. The van der Waals surface area contributed by atoms with Crippen molar-refractivity contribution < 1.29 is 14.2 Å². The fourth-order valence-corrected chi connectivity index (χ4v) is 1.39. The van der Waals surface area contributed by atoms with Crippen LogP contribution in [0, 0.1) is 5.82 Å². The zero-order valence-corrected chi connectivity index (χ0v) is 8.38. The molecule has 0 amide bonds. The van der Waals surface area contributed by atoms with Gasteiger partial charge in [0.2, 0.25) is 0 Å². The fraction of sp³-hybridized carbons (Fsp3) is 0.333. The van der Waals surface area contributed by atoms with Gasteiger partial charge in [-0.15, -0.1) is 0 Å². The van der Waals surface area contributed by atoms with Crippen LogP contribution in [0.2, 0.25) is 5.02 Å². The number of benzene rings is 1. The van der Waals surface area contributed by atoms with Crippen molar-refractivity contribution in [3.8, 4) is 5.75 Å². The molecular weight excluding hydrogens is 209 g/mol. The van der Waals surface area contributed by atoms with E-state index in [9.17, 15) is 9.50 Å². The summed E-state index contributed by atoms with van der Waals surface area (Å²) < 4.78 is 17.9. The zero-order valence-electron chi connectivity index (χ0n) is 7.63. The molecule has 0 saturated heterocycles. The van der Waals surface area contributed by atoms with Crippen molar-refractivity contribution in [2.24, 2.45) is 5.73 Å². The van der Waals surface area contributed by atoms with Crippen LogP contribution in [0.25, 0.3) is 0 Å². The maximum Gasteiger partial charge on any atom is 0.146 e. The average molecular weight is 220 g/mol. The Balaban J connectivity index is 3.23. The Morgan fingerprint density at radius 1 is 1.64 bits per heavy atom. The molecule has 5 heteroatoms. The minimum atomic E-state index is -0.900. The molecule has 0 aliphatic rings. The monoisotopic (exact) mass is 219 g/mol. The van der Waals surface area contributed by atoms with Gasteiger partial charge in [0.1, 0.15) is 16.6 Å². The number of aliphatic hydroxyl groups is 1. The van der Waals surface area contributed by atoms with Crippen molar-refractivity contribution in [2.75, 3.05) is 13.7 Å². The highest BCUT2D eigenvalue weighted by Crippen LogP contribution is 2.34. The lowest BCUT2D eigenvalue weighted by Gasteiger charge is -2.14. The van der Waals surface area contributed by atoms with Crippen LogP contribution in [-0.4, -0.2) is 18.8 Å². The highest BCUT2D eigenvalue weighted by Gasteiger charge is 2.17. The summed E-state index contributed by atoms with van der Waals surface area (Å²) in [4.78, 5) is 0. The molecule has 1 rings (SSSR count). The van der Waals surface area contributed by atoms with Gasteiger partial charge >= 0.3 is 0 Å². The molecule has 0 aromatic heterocycles. The van der Waals surface area contributed by atoms with Crippen LogP contribution in [0.1, 0.15) is 11.7 Å². The number of ether oxygens (including phenoxy) is 1. The van der Waals surface area contributed by atoms with Crippen molar-refractivity contribution in [1.29, 1.82) is 0 Å². The molecular formula is C9H11ClFNO2. The SMILES string of the molecule is COc1c(C(O)CN)ccc(F)c1Cl. The normalized spacial score (nSPS) is 12.6. The molecule has 0 heterocycles. The van der Waals surface area contributed by atoms with E-state index in [1.54, 1.807) is 0 Å². The molecule has 78 valence electrons. The van der Waals surface area contributed by atoms with Crippen LogP contribution >= 0.6 is 11.6 Å². The number of methoxy groups -OCH3 is 1. The van der Waals surface area contributed by atoms with Crippen molar-refractivity contribution in [3.63, 3.8) is 0 Å². The third-order valence-electron chi connectivity index (χ3n) is 1.87. The lowest BCUT2D eigenvalue weighted by atomic mass is 10.1. The Kier molecular flexibility index (Phi) is 3.69. The number of hydrogen-bond acceptors (Lipinski definition) is 3. The van der Waals surface area contributed by atoms with Gasteiger partial charge in [-0.05, 0) is 12.1 Å². The average Bonchev–Trinajstić information content (AvgIpc) is 2.20. The number of halogens is 2. The third-order valence-corrected chi connectivity index (χ3v) is 2.22. The molecule has 3 N–H and O–H groups in total. The first-order chi connectivity index (χ1) is 6.61. The predicted molar refractivity (Wildman–Crippen MR) is 52.0 cm³/mol. The van der Waals surface area contributed by atoms with E-state index in [0.29, 0.717) is 5.56 Å². The second kappa shape index (κ2) is 4.59. The summed E-state index contributed by atoms with van der Waals surface area (Å²) in [6.45, 7) is 0.0261. The molecule has 0 aliphatic carbocycles. The quantitative estimate of drug-likeness (QED) is 0.810. The van der Waals surface area contributed by atoms with Gasteiger partial charge in [-0.25, -0.2) is 4.39 Å². The van der Waals surface area contributed by atoms with Gasteiger partial charge in [0.15, 0.2) is 0 Å².